The van der Waals surface area contributed by atoms with Crippen LogP contribution in [0.1, 0.15) is 68.1 Å². The fourth-order valence-corrected chi connectivity index (χ4v) is 5.99. The van der Waals surface area contributed by atoms with E-state index in [0.717, 1.165) is 23.9 Å². The molecular formula is C28H32FN3O6. The first kappa shape index (κ1) is 26.0. The molecule has 0 spiro atoms. The Morgan fingerprint density at radius 3 is 2.63 bits per heavy atom. The van der Waals surface area contributed by atoms with Crippen LogP contribution in [0.2, 0.25) is 0 Å². The summed E-state index contributed by atoms with van der Waals surface area (Å²) >= 11 is 0. The minimum absolute atomic E-state index is 0.0588. The predicted molar refractivity (Wildman–Crippen MR) is 138 cm³/mol. The van der Waals surface area contributed by atoms with E-state index >= 15 is 0 Å². The number of halogens is 1. The highest BCUT2D eigenvalue weighted by atomic mass is 19.1. The van der Waals surface area contributed by atoms with Crippen molar-refractivity contribution in [1.82, 2.24) is 9.55 Å². The van der Waals surface area contributed by atoms with Gasteiger partial charge in [-0.25, -0.2) is 14.2 Å². The lowest BCUT2D eigenvalue weighted by atomic mass is 9.85. The van der Waals surface area contributed by atoms with E-state index in [9.17, 15) is 24.2 Å². The molecule has 5 rings (SSSR count). The molecule has 4 atom stereocenters. The number of aromatic nitrogens is 2. The van der Waals surface area contributed by atoms with Gasteiger partial charge in [-0.3, -0.25) is 9.69 Å². The van der Waals surface area contributed by atoms with Gasteiger partial charge >= 0.3 is 12.1 Å². The van der Waals surface area contributed by atoms with Crippen molar-refractivity contribution < 1.29 is 33.7 Å². The maximum atomic E-state index is 14.6. The molecule has 38 heavy (non-hydrogen) atoms. The zero-order chi connectivity index (χ0) is 27.1. The number of hydrogen-bond acceptors (Lipinski definition) is 6. The number of aryl methyl sites for hydroxylation is 1. The van der Waals surface area contributed by atoms with Gasteiger partial charge in [-0.05, 0) is 68.9 Å². The summed E-state index contributed by atoms with van der Waals surface area (Å²) in [6.07, 6.45) is 2.13. The summed E-state index contributed by atoms with van der Waals surface area (Å²) in [4.78, 5) is 31.0. The van der Waals surface area contributed by atoms with E-state index in [2.05, 4.69) is 0 Å². The molecule has 2 N–H and O–H groups in total. The standard InChI is InChI=1S/C28H32FN3O6/c1-15-7-9-19-21(31(15)28(36)38-3)10-11-22-24(19)30-26(25(33)16-8-12-23(37-2)20(29)14-16)32(22)18-6-4-5-17(13-18)27(34)35/h8,10-12,14-15,17-18,25,33H,4-7,9,13H2,1-3H3,(H,34,35)/t15-,17+,18+,25-/m0/s1. The zero-order valence-corrected chi connectivity index (χ0v) is 21.7. The first-order valence-corrected chi connectivity index (χ1v) is 12.9. The van der Waals surface area contributed by atoms with E-state index in [1.807, 2.05) is 23.6 Å². The van der Waals surface area contributed by atoms with E-state index in [-0.39, 0.29) is 17.8 Å². The SMILES string of the molecule is COC(=O)N1c2ccc3c(nc([C@@H](O)c4ccc(OC)c(F)c4)n3[C@@H]3CCC[C@@H](C(=O)O)C3)c2CC[C@@H]1C. The molecule has 1 amide bonds. The lowest BCUT2D eigenvalue weighted by molar-refractivity contribution is -0.143. The van der Waals surface area contributed by atoms with E-state index < -0.39 is 29.9 Å². The molecule has 10 heteroatoms. The van der Waals surface area contributed by atoms with Gasteiger partial charge < -0.3 is 24.3 Å². The lowest BCUT2D eigenvalue weighted by Crippen LogP contribution is -2.42. The number of fused-ring (bicyclic) bond motifs is 3. The fourth-order valence-electron chi connectivity index (χ4n) is 5.99. The molecule has 0 bridgehead atoms. The number of carboxylic acid groups (broad SMARTS) is 1. The van der Waals surface area contributed by atoms with Gasteiger partial charge in [-0.15, -0.1) is 0 Å². The monoisotopic (exact) mass is 525 g/mol. The number of carbonyl (C=O) groups is 2. The molecular weight excluding hydrogens is 493 g/mol. The number of imidazole rings is 1. The molecule has 0 radical (unpaired) electrons. The smallest absolute Gasteiger partial charge is 0.414 e. The maximum absolute atomic E-state index is 14.6. The van der Waals surface area contributed by atoms with Gasteiger partial charge in [-0.2, -0.15) is 0 Å². The van der Waals surface area contributed by atoms with Crippen molar-refractivity contribution in [2.24, 2.45) is 5.92 Å². The topological polar surface area (TPSA) is 114 Å². The number of aliphatic hydroxyl groups is 1. The average molecular weight is 526 g/mol. The Hall–Kier alpha value is -3.66. The Balaban J connectivity index is 1.69. The van der Waals surface area contributed by atoms with E-state index in [1.165, 1.54) is 26.4 Å². The number of carboxylic acids is 1. The summed E-state index contributed by atoms with van der Waals surface area (Å²) < 4.78 is 26.5. The van der Waals surface area contributed by atoms with Crippen LogP contribution < -0.4 is 9.64 Å². The quantitative estimate of drug-likeness (QED) is 0.482. The highest BCUT2D eigenvalue weighted by molar-refractivity contribution is 5.95. The van der Waals surface area contributed by atoms with Crippen molar-refractivity contribution >= 4 is 28.8 Å². The number of benzene rings is 2. The molecule has 1 aliphatic heterocycles. The maximum Gasteiger partial charge on any atom is 0.414 e. The second-order valence-corrected chi connectivity index (χ2v) is 10.2. The van der Waals surface area contributed by atoms with E-state index in [0.29, 0.717) is 48.3 Å². The fraction of sp³-hybridized carbons (Fsp3) is 0.464. The summed E-state index contributed by atoms with van der Waals surface area (Å²) in [6.45, 7) is 1.96. The second kappa shape index (κ2) is 10.2. The number of anilines is 1. The van der Waals surface area contributed by atoms with Crippen molar-refractivity contribution in [2.75, 3.05) is 19.1 Å². The van der Waals surface area contributed by atoms with Crippen molar-refractivity contribution in [2.45, 2.75) is 63.6 Å². The normalized spacial score (nSPS) is 22.1. The first-order valence-electron chi connectivity index (χ1n) is 12.9. The third-order valence-electron chi connectivity index (χ3n) is 7.95. The molecule has 0 unspecified atom stereocenters. The van der Waals surface area contributed by atoms with Gasteiger partial charge in [0.15, 0.2) is 11.6 Å². The van der Waals surface area contributed by atoms with Crippen LogP contribution in [-0.4, -0.2) is 52.1 Å². The Bertz CT molecular complexity index is 1390. The number of nitrogens with zero attached hydrogens (tertiary/aromatic N) is 3. The number of rotatable bonds is 5. The lowest BCUT2D eigenvalue weighted by Gasteiger charge is -2.34. The Morgan fingerprint density at radius 2 is 1.95 bits per heavy atom. The Morgan fingerprint density at radius 1 is 1.16 bits per heavy atom. The number of carbonyl (C=O) groups excluding carboxylic acids is 1. The van der Waals surface area contributed by atoms with E-state index in [1.54, 1.807) is 11.0 Å². The van der Waals surface area contributed by atoms with Crippen LogP contribution >= 0.6 is 0 Å². The van der Waals surface area contributed by atoms with Gasteiger partial charge in [0, 0.05) is 17.6 Å². The molecule has 2 aromatic carbocycles. The molecule has 2 heterocycles. The second-order valence-electron chi connectivity index (χ2n) is 10.2. The summed E-state index contributed by atoms with van der Waals surface area (Å²) in [5, 5.41) is 21.2. The number of ether oxygens (including phenoxy) is 2. The molecule has 2 aliphatic rings. The molecule has 1 aliphatic carbocycles. The van der Waals surface area contributed by atoms with Gasteiger partial charge in [0.25, 0.3) is 0 Å². The van der Waals surface area contributed by atoms with Crippen LogP contribution in [0, 0.1) is 11.7 Å². The van der Waals surface area contributed by atoms with Crippen molar-refractivity contribution in [1.29, 1.82) is 0 Å². The third kappa shape index (κ3) is 4.36. The summed E-state index contributed by atoms with van der Waals surface area (Å²) in [5.41, 5.74) is 3.27. The highest BCUT2D eigenvalue weighted by Crippen LogP contribution is 2.42. The molecule has 9 nitrogen and oxygen atoms in total. The number of methoxy groups -OCH3 is 2. The van der Waals surface area contributed by atoms with Crippen molar-refractivity contribution in [3.63, 3.8) is 0 Å². The van der Waals surface area contributed by atoms with Gasteiger partial charge in [0.05, 0.1) is 36.9 Å². The van der Waals surface area contributed by atoms with Gasteiger partial charge in [0.1, 0.15) is 11.9 Å². The number of hydrogen-bond donors (Lipinski definition) is 2. The third-order valence-corrected chi connectivity index (χ3v) is 7.95. The van der Waals surface area contributed by atoms with E-state index in [4.69, 9.17) is 14.5 Å². The molecule has 1 aromatic heterocycles. The minimum atomic E-state index is -1.26. The molecule has 202 valence electrons. The highest BCUT2D eigenvalue weighted by Gasteiger charge is 2.35. The van der Waals surface area contributed by atoms with Crippen molar-refractivity contribution in [3.8, 4) is 5.75 Å². The average Bonchev–Trinajstić information content (AvgIpc) is 3.32. The zero-order valence-electron chi connectivity index (χ0n) is 21.7. The predicted octanol–water partition coefficient (Wildman–Crippen LogP) is 4.99. The van der Waals surface area contributed by atoms with Crippen LogP contribution in [0.15, 0.2) is 30.3 Å². The number of amides is 1. The van der Waals surface area contributed by atoms with Gasteiger partial charge in [0.2, 0.25) is 0 Å². The number of aliphatic carboxylic acids is 1. The Kier molecular flexibility index (Phi) is 7.00. The summed E-state index contributed by atoms with van der Waals surface area (Å²) in [7, 11) is 2.72. The number of aliphatic hydroxyl groups excluding tert-OH is 1. The molecule has 0 saturated heterocycles. The molecule has 1 saturated carbocycles. The Labute approximate surface area is 219 Å². The van der Waals surface area contributed by atoms with Crippen LogP contribution in [-0.2, 0) is 16.0 Å². The van der Waals surface area contributed by atoms with Gasteiger partial charge in [-0.1, -0.05) is 12.5 Å². The first-order chi connectivity index (χ1) is 18.2. The molecule has 1 fully saturated rings. The summed E-state index contributed by atoms with van der Waals surface area (Å²) in [6, 6.07) is 7.74. The van der Waals surface area contributed by atoms with Crippen LogP contribution in [0.5, 0.6) is 5.75 Å². The summed E-state index contributed by atoms with van der Waals surface area (Å²) in [5.74, 6) is -1.55. The minimum Gasteiger partial charge on any atom is -0.494 e. The molecule has 3 aromatic rings. The van der Waals surface area contributed by atoms with Crippen LogP contribution in [0.3, 0.4) is 0 Å². The van der Waals surface area contributed by atoms with Crippen LogP contribution in [0.25, 0.3) is 11.0 Å². The van der Waals surface area contributed by atoms with Crippen LogP contribution in [0.4, 0.5) is 14.9 Å². The van der Waals surface area contributed by atoms with Crippen molar-refractivity contribution in [3.05, 3.63) is 53.1 Å². The largest absolute Gasteiger partial charge is 0.494 e.